The van der Waals surface area contributed by atoms with E-state index >= 15 is 0 Å². The number of nitrogens with two attached hydrogens (primary N) is 1. The summed E-state index contributed by atoms with van der Waals surface area (Å²) >= 11 is 0. The fourth-order valence-electron chi connectivity index (χ4n) is 2.10. The second-order valence-corrected chi connectivity index (χ2v) is 4.18. The van der Waals surface area contributed by atoms with Gasteiger partial charge in [-0.2, -0.15) is 0 Å². The Morgan fingerprint density at radius 3 is 2.42 bits per heavy atom. The van der Waals surface area contributed by atoms with Gasteiger partial charge in [0.1, 0.15) is 17.5 Å². The van der Waals surface area contributed by atoms with Crippen molar-refractivity contribution in [2.24, 2.45) is 5.73 Å². The number of rotatable bonds is 5. The minimum absolute atomic E-state index is 0.259. The summed E-state index contributed by atoms with van der Waals surface area (Å²) in [4.78, 5) is 4.31. The molecule has 0 saturated carbocycles. The number of methoxy groups -OCH3 is 2. The van der Waals surface area contributed by atoms with Crippen molar-refractivity contribution in [3.8, 4) is 5.75 Å². The van der Waals surface area contributed by atoms with Gasteiger partial charge >= 0.3 is 0 Å². The van der Waals surface area contributed by atoms with Gasteiger partial charge in [-0.05, 0) is 17.7 Å². The topological polar surface area (TPSA) is 57.4 Å². The lowest BCUT2D eigenvalue weighted by Crippen LogP contribution is -2.23. The van der Waals surface area contributed by atoms with Gasteiger partial charge < -0.3 is 15.2 Å². The third-order valence-electron chi connectivity index (χ3n) is 3.04. The molecule has 1 heterocycles. The number of pyridine rings is 1. The largest absolute Gasteiger partial charge is 0.495 e. The predicted octanol–water partition coefficient (Wildman–Crippen LogP) is 2.48. The Morgan fingerprint density at radius 1 is 1.05 bits per heavy atom. The molecule has 0 bridgehead atoms. The summed E-state index contributed by atoms with van der Waals surface area (Å²) in [6, 6.07) is 13.1. The maximum atomic E-state index is 6.29. The average molecular weight is 258 g/mol. The SMILES string of the molecule is COc1cccnc1C(N)C(OC)c1ccccc1. The molecule has 0 aliphatic heterocycles. The zero-order chi connectivity index (χ0) is 13.7. The Bertz CT molecular complexity index is 517. The van der Waals surface area contributed by atoms with E-state index in [0.29, 0.717) is 11.4 Å². The van der Waals surface area contributed by atoms with Crippen molar-refractivity contribution in [3.63, 3.8) is 0 Å². The molecule has 0 fully saturated rings. The second kappa shape index (κ2) is 6.31. The van der Waals surface area contributed by atoms with E-state index in [4.69, 9.17) is 15.2 Å². The average Bonchev–Trinajstić information content (AvgIpc) is 2.49. The zero-order valence-corrected chi connectivity index (χ0v) is 11.1. The first-order valence-electron chi connectivity index (χ1n) is 6.10. The van der Waals surface area contributed by atoms with Crippen molar-refractivity contribution >= 4 is 0 Å². The van der Waals surface area contributed by atoms with Gasteiger partial charge in [0.2, 0.25) is 0 Å². The number of aromatic nitrogens is 1. The third kappa shape index (κ3) is 2.92. The van der Waals surface area contributed by atoms with Gasteiger partial charge in [-0.25, -0.2) is 0 Å². The molecule has 0 spiro atoms. The summed E-state index contributed by atoms with van der Waals surface area (Å²) in [5.41, 5.74) is 8.00. The molecule has 4 heteroatoms. The number of hydrogen-bond donors (Lipinski definition) is 1. The van der Waals surface area contributed by atoms with Crippen LogP contribution < -0.4 is 10.5 Å². The molecular formula is C15H18N2O2. The Labute approximate surface area is 113 Å². The standard InChI is InChI=1S/C15H18N2O2/c1-18-12-9-6-10-17-14(12)13(16)15(19-2)11-7-4-3-5-8-11/h3-10,13,15H,16H2,1-2H3. The number of nitrogens with zero attached hydrogens (tertiary/aromatic N) is 1. The van der Waals surface area contributed by atoms with Crippen LogP contribution in [-0.2, 0) is 4.74 Å². The number of ether oxygens (including phenoxy) is 2. The van der Waals surface area contributed by atoms with Crippen LogP contribution in [0.15, 0.2) is 48.7 Å². The van der Waals surface area contributed by atoms with Gasteiger partial charge in [-0.15, -0.1) is 0 Å². The van der Waals surface area contributed by atoms with Crippen LogP contribution >= 0.6 is 0 Å². The van der Waals surface area contributed by atoms with Crippen LogP contribution in [0.4, 0.5) is 0 Å². The van der Waals surface area contributed by atoms with Crippen LogP contribution in [0.2, 0.25) is 0 Å². The lowest BCUT2D eigenvalue weighted by molar-refractivity contribution is 0.0781. The van der Waals surface area contributed by atoms with Crippen LogP contribution in [0, 0.1) is 0 Å². The van der Waals surface area contributed by atoms with E-state index in [-0.39, 0.29) is 12.1 Å². The Morgan fingerprint density at radius 2 is 1.79 bits per heavy atom. The summed E-state index contributed by atoms with van der Waals surface area (Å²) in [5, 5.41) is 0. The fourth-order valence-corrected chi connectivity index (χ4v) is 2.10. The van der Waals surface area contributed by atoms with Crippen molar-refractivity contribution in [1.29, 1.82) is 0 Å². The van der Waals surface area contributed by atoms with E-state index in [0.717, 1.165) is 5.56 Å². The zero-order valence-electron chi connectivity index (χ0n) is 11.1. The van der Waals surface area contributed by atoms with Gasteiger partial charge in [-0.3, -0.25) is 4.98 Å². The molecule has 19 heavy (non-hydrogen) atoms. The molecule has 1 aromatic heterocycles. The van der Waals surface area contributed by atoms with Crippen molar-refractivity contribution in [2.75, 3.05) is 14.2 Å². The van der Waals surface area contributed by atoms with E-state index in [1.807, 2.05) is 42.5 Å². The molecule has 1 aromatic carbocycles. The van der Waals surface area contributed by atoms with E-state index in [1.54, 1.807) is 20.4 Å². The molecule has 4 nitrogen and oxygen atoms in total. The third-order valence-corrected chi connectivity index (χ3v) is 3.04. The first kappa shape index (κ1) is 13.5. The molecule has 100 valence electrons. The monoisotopic (exact) mass is 258 g/mol. The molecule has 2 aromatic rings. The lowest BCUT2D eigenvalue weighted by Gasteiger charge is -2.23. The highest BCUT2D eigenvalue weighted by atomic mass is 16.5. The predicted molar refractivity (Wildman–Crippen MR) is 73.9 cm³/mol. The lowest BCUT2D eigenvalue weighted by atomic mass is 9.99. The van der Waals surface area contributed by atoms with Crippen LogP contribution in [-0.4, -0.2) is 19.2 Å². The van der Waals surface area contributed by atoms with Gasteiger partial charge in [-0.1, -0.05) is 30.3 Å². The Kier molecular flexibility index (Phi) is 4.49. The molecule has 0 aliphatic rings. The van der Waals surface area contributed by atoms with Crippen molar-refractivity contribution in [3.05, 3.63) is 59.9 Å². The van der Waals surface area contributed by atoms with Crippen molar-refractivity contribution in [1.82, 2.24) is 4.98 Å². The summed E-state index contributed by atoms with van der Waals surface area (Å²) in [6.45, 7) is 0. The molecular weight excluding hydrogens is 240 g/mol. The Hall–Kier alpha value is -1.91. The first-order chi connectivity index (χ1) is 9.27. The molecule has 0 amide bonds. The summed E-state index contributed by atoms with van der Waals surface area (Å²) in [6.07, 6.45) is 1.44. The molecule has 0 radical (unpaired) electrons. The number of benzene rings is 1. The highest BCUT2D eigenvalue weighted by Crippen LogP contribution is 2.32. The maximum Gasteiger partial charge on any atom is 0.142 e. The van der Waals surface area contributed by atoms with Gasteiger partial charge in [0, 0.05) is 13.3 Å². The summed E-state index contributed by atoms with van der Waals surface area (Å²) in [7, 11) is 3.25. The van der Waals surface area contributed by atoms with Gasteiger partial charge in [0.25, 0.3) is 0 Å². The Balaban J connectivity index is 2.33. The van der Waals surface area contributed by atoms with Crippen molar-refractivity contribution < 1.29 is 9.47 Å². The summed E-state index contributed by atoms with van der Waals surface area (Å²) < 4.78 is 10.8. The van der Waals surface area contributed by atoms with Crippen molar-refractivity contribution in [2.45, 2.75) is 12.1 Å². The quantitative estimate of drug-likeness (QED) is 0.895. The minimum atomic E-state index is -0.386. The van der Waals surface area contributed by atoms with Gasteiger partial charge in [0.15, 0.2) is 0 Å². The van der Waals surface area contributed by atoms with Crippen LogP contribution in [0.1, 0.15) is 23.4 Å². The highest BCUT2D eigenvalue weighted by Gasteiger charge is 2.24. The molecule has 2 N–H and O–H groups in total. The second-order valence-electron chi connectivity index (χ2n) is 4.18. The molecule has 2 unspecified atom stereocenters. The number of hydrogen-bond acceptors (Lipinski definition) is 4. The molecule has 2 atom stereocenters. The fraction of sp³-hybridized carbons (Fsp3) is 0.267. The smallest absolute Gasteiger partial charge is 0.142 e. The molecule has 2 rings (SSSR count). The van der Waals surface area contributed by atoms with E-state index in [1.165, 1.54) is 0 Å². The first-order valence-corrected chi connectivity index (χ1v) is 6.10. The van der Waals surface area contributed by atoms with Gasteiger partial charge in [0.05, 0.1) is 13.2 Å². The maximum absolute atomic E-state index is 6.29. The van der Waals surface area contributed by atoms with E-state index in [9.17, 15) is 0 Å². The molecule has 0 aliphatic carbocycles. The van der Waals surface area contributed by atoms with Crippen LogP contribution in [0.5, 0.6) is 5.75 Å². The highest BCUT2D eigenvalue weighted by molar-refractivity contribution is 5.32. The van der Waals surface area contributed by atoms with E-state index in [2.05, 4.69) is 4.98 Å². The normalized spacial score (nSPS) is 13.8. The van der Waals surface area contributed by atoms with E-state index < -0.39 is 0 Å². The summed E-state index contributed by atoms with van der Waals surface area (Å²) in [5.74, 6) is 0.674. The minimum Gasteiger partial charge on any atom is -0.495 e. The van der Waals surface area contributed by atoms with Crippen LogP contribution in [0.3, 0.4) is 0 Å². The molecule has 0 saturated heterocycles. The van der Waals surface area contributed by atoms with Crippen LogP contribution in [0.25, 0.3) is 0 Å².